The molecule has 0 bridgehead atoms. The lowest BCUT2D eigenvalue weighted by atomic mass is 10.1. The van der Waals surface area contributed by atoms with Crippen molar-refractivity contribution in [3.05, 3.63) is 112 Å². The molecule has 5 nitrogen and oxygen atoms in total. The maximum atomic E-state index is 15.4. The summed E-state index contributed by atoms with van der Waals surface area (Å²) in [5.41, 5.74) is 3.92. The monoisotopic (exact) mass is 545 g/mol. The molecule has 3 aromatic carbocycles. The number of para-hydroxylation sites is 2. The van der Waals surface area contributed by atoms with Crippen molar-refractivity contribution in [1.82, 2.24) is 14.5 Å². The SMILES string of the molecule is Fc1cc(Cl)ccc1COc1cccc(-c2ccc(Cc3nc4ccccc4n3CC3CCCO3)cc2F)n1. The second-order valence-electron chi connectivity index (χ2n) is 9.64. The van der Waals surface area contributed by atoms with Gasteiger partial charge in [0.05, 0.1) is 29.4 Å². The van der Waals surface area contributed by atoms with Crippen molar-refractivity contribution in [2.75, 3.05) is 6.61 Å². The number of imidazole rings is 1. The standard InChI is InChI=1S/C31H26ClF2N3O2/c32-22-12-11-21(25(33)17-22)19-39-31-9-3-7-27(36-31)24-13-10-20(15-26(24)34)16-30-35-28-6-1-2-8-29(28)37(30)18-23-5-4-14-38-23/h1-3,6-13,15,17,23H,4-5,14,16,18-19H2. The van der Waals surface area contributed by atoms with Crippen LogP contribution in [0, 0.1) is 11.6 Å². The second kappa shape index (κ2) is 11.1. The Morgan fingerprint density at radius 1 is 0.949 bits per heavy atom. The van der Waals surface area contributed by atoms with Gasteiger partial charge in [-0.3, -0.25) is 0 Å². The Bertz CT molecular complexity index is 1630. The first kappa shape index (κ1) is 25.5. The van der Waals surface area contributed by atoms with Crippen molar-refractivity contribution in [3.8, 4) is 17.1 Å². The summed E-state index contributed by atoms with van der Waals surface area (Å²) in [5, 5.41) is 0.315. The number of nitrogens with zero attached hydrogens (tertiary/aromatic N) is 3. The first-order chi connectivity index (χ1) is 19.0. The third kappa shape index (κ3) is 5.65. The predicted molar refractivity (Wildman–Crippen MR) is 147 cm³/mol. The van der Waals surface area contributed by atoms with Gasteiger partial charge in [-0.1, -0.05) is 41.9 Å². The first-order valence-corrected chi connectivity index (χ1v) is 13.3. The van der Waals surface area contributed by atoms with Crippen LogP contribution in [0.15, 0.2) is 78.9 Å². The Labute approximate surface area is 230 Å². The normalized spacial score (nSPS) is 15.2. The molecule has 0 aliphatic carbocycles. The topological polar surface area (TPSA) is 49.2 Å². The molecule has 0 radical (unpaired) electrons. The Kier molecular flexibility index (Phi) is 7.26. The highest BCUT2D eigenvalue weighted by atomic mass is 35.5. The van der Waals surface area contributed by atoms with Gasteiger partial charge in [0.15, 0.2) is 0 Å². The summed E-state index contributed by atoms with van der Waals surface area (Å²) in [7, 11) is 0. The highest BCUT2D eigenvalue weighted by Crippen LogP contribution is 2.27. The minimum absolute atomic E-state index is 0.0201. The number of fused-ring (bicyclic) bond motifs is 1. The van der Waals surface area contributed by atoms with Crippen LogP contribution in [0.3, 0.4) is 0 Å². The zero-order chi connectivity index (χ0) is 26.8. The number of benzene rings is 3. The van der Waals surface area contributed by atoms with E-state index in [0.717, 1.165) is 48.4 Å². The Hall–Kier alpha value is -3.81. The second-order valence-corrected chi connectivity index (χ2v) is 10.1. The van der Waals surface area contributed by atoms with Gasteiger partial charge in [0.1, 0.15) is 24.1 Å². The molecule has 1 fully saturated rings. The van der Waals surface area contributed by atoms with Crippen molar-refractivity contribution in [1.29, 1.82) is 0 Å². The summed E-state index contributed by atoms with van der Waals surface area (Å²) < 4.78 is 43.2. The number of aromatic nitrogens is 3. The van der Waals surface area contributed by atoms with E-state index in [1.165, 1.54) is 12.1 Å². The van der Waals surface area contributed by atoms with Crippen molar-refractivity contribution >= 4 is 22.6 Å². The van der Waals surface area contributed by atoms with Gasteiger partial charge in [0, 0.05) is 35.2 Å². The smallest absolute Gasteiger partial charge is 0.214 e. The van der Waals surface area contributed by atoms with E-state index in [2.05, 4.69) is 15.6 Å². The highest BCUT2D eigenvalue weighted by molar-refractivity contribution is 6.30. The van der Waals surface area contributed by atoms with Gasteiger partial charge in [-0.05, 0) is 60.9 Å². The third-order valence-corrected chi connectivity index (χ3v) is 7.16. The molecule has 0 saturated carbocycles. The minimum atomic E-state index is -0.454. The maximum absolute atomic E-state index is 15.4. The first-order valence-electron chi connectivity index (χ1n) is 12.9. The molecule has 1 atom stereocenters. The summed E-state index contributed by atoms with van der Waals surface area (Å²) in [6.07, 6.45) is 2.75. The van der Waals surface area contributed by atoms with E-state index in [0.29, 0.717) is 28.3 Å². The molecular formula is C31H26ClF2N3O2. The fraction of sp³-hybridized carbons (Fsp3) is 0.226. The van der Waals surface area contributed by atoms with Crippen LogP contribution in [0.1, 0.15) is 29.8 Å². The summed E-state index contributed by atoms with van der Waals surface area (Å²) in [6.45, 7) is 1.50. The van der Waals surface area contributed by atoms with Gasteiger partial charge >= 0.3 is 0 Å². The molecule has 5 aromatic rings. The molecule has 3 heterocycles. The number of rotatable bonds is 8. The Balaban J connectivity index is 1.21. The average Bonchev–Trinajstić information content (AvgIpc) is 3.57. The molecule has 1 unspecified atom stereocenters. The van der Waals surface area contributed by atoms with Crippen LogP contribution < -0.4 is 4.74 Å². The van der Waals surface area contributed by atoms with Gasteiger partial charge in [-0.15, -0.1) is 0 Å². The van der Waals surface area contributed by atoms with Crippen LogP contribution in [0.4, 0.5) is 8.78 Å². The number of ether oxygens (including phenoxy) is 2. The molecule has 6 rings (SSSR count). The van der Waals surface area contributed by atoms with Gasteiger partial charge in [-0.25, -0.2) is 18.7 Å². The molecule has 0 N–H and O–H groups in total. The summed E-state index contributed by atoms with van der Waals surface area (Å²) in [5.74, 6) is 0.308. The van der Waals surface area contributed by atoms with Crippen molar-refractivity contribution in [2.45, 2.75) is 38.5 Å². The van der Waals surface area contributed by atoms with Crippen LogP contribution in [0.25, 0.3) is 22.3 Å². The lowest BCUT2D eigenvalue weighted by Crippen LogP contribution is -2.17. The number of halogens is 3. The summed E-state index contributed by atoms with van der Waals surface area (Å²) in [4.78, 5) is 9.29. The van der Waals surface area contributed by atoms with E-state index in [1.54, 1.807) is 36.4 Å². The largest absolute Gasteiger partial charge is 0.473 e. The van der Waals surface area contributed by atoms with Crippen molar-refractivity contribution in [3.63, 3.8) is 0 Å². The average molecular weight is 546 g/mol. The molecule has 1 aliphatic rings. The fourth-order valence-corrected chi connectivity index (χ4v) is 5.11. The van der Waals surface area contributed by atoms with Gasteiger partial charge in [0.25, 0.3) is 0 Å². The van der Waals surface area contributed by atoms with E-state index >= 15 is 4.39 Å². The number of hydrogen-bond acceptors (Lipinski definition) is 4. The van der Waals surface area contributed by atoms with Crippen LogP contribution >= 0.6 is 11.6 Å². The quantitative estimate of drug-likeness (QED) is 0.204. The van der Waals surface area contributed by atoms with Gasteiger partial charge < -0.3 is 14.0 Å². The molecule has 0 amide bonds. The van der Waals surface area contributed by atoms with E-state index in [-0.39, 0.29) is 24.4 Å². The molecular weight excluding hydrogens is 520 g/mol. The highest BCUT2D eigenvalue weighted by Gasteiger charge is 2.20. The van der Waals surface area contributed by atoms with Crippen LogP contribution in [0.5, 0.6) is 5.88 Å². The maximum Gasteiger partial charge on any atom is 0.214 e. The van der Waals surface area contributed by atoms with Crippen LogP contribution in [0.2, 0.25) is 5.02 Å². The Morgan fingerprint density at radius 2 is 1.85 bits per heavy atom. The van der Waals surface area contributed by atoms with Gasteiger partial charge in [-0.2, -0.15) is 0 Å². The summed E-state index contributed by atoms with van der Waals surface area (Å²) in [6, 6.07) is 22.7. The molecule has 198 valence electrons. The lowest BCUT2D eigenvalue weighted by molar-refractivity contribution is 0.0973. The molecule has 39 heavy (non-hydrogen) atoms. The van der Waals surface area contributed by atoms with Crippen LogP contribution in [-0.4, -0.2) is 27.2 Å². The lowest BCUT2D eigenvalue weighted by Gasteiger charge is -2.14. The van der Waals surface area contributed by atoms with Crippen molar-refractivity contribution in [2.24, 2.45) is 0 Å². The zero-order valence-electron chi connectivity index (χ0n) is 21.1. The van der Waals surface area contributed by atoms with E-state index in [4.69, 9.17) is 26.1 Å². The fourth-order valence-electron chi connectivity index (χ4n) is 4.95. The van der Waals surface area contributed by atoms with Crippen molar-refractivity contribution < 1.29 is 18.3 Å². The van der Waals surface area contributed by atoms with E-state index in [1.807, 2.05) is 24.3 Å². The predicted octanol–water partition coefficient (Wildman–Crippen LogP) is 7.38. The number of pyridine rings is 1. The minimum Gasteiger partial charge on any atom is -0.473 e. The Morgan fingerprint density at radius 3 is 2.67 bits per heavy atom. The van der Waals surface area contributed by atoms with Gasteiger partial charge in [0.2, 0.25) is 5.88 Å². The molecule has 0 spiro atoms. The molecule has 8 heteroatoms. The summed E-state index contributed by atoms with van der Waals surface area (Å²) >= 11 is 5.82. The van der Waals surface area contributed by atoms with E-state index in [9.17, 15) is 4.39 Å². The van der Waals surface area contributed by atoms with Crippen LogP contribution in [-0.2, 0) is 24.3 Å². The number of hydrogen-bond donors (Lipinski definition) is 0. The third-order valence-electron chi connectivity index (χ3n) is 6.93. The molecule has 2 aromatic heterocycles. The van der Waals surface area contributed by atoms with E-state index < -0.39 is 5.82 Å². The zero-order valence-corrected chi connectivity index (χ0v) is 21.9. The molecule has 1 saturated heterocycles. The molecule has 1 aliphatic heterocycles.